The van der Waals surface area contributed by atoms with Gasteiger partial charge in [-0.3, -0.25) is 4.98 Å². The number of halogens is 1. The van der Waals surface area contributed by atoms with E-state index >= 15 is 0 Å². The molecule has 1 aromatic heterocycles. The average Bonchev–Trinajstić information content (AvgIpc) is 2.46. The first-order chi connectivity index (χ1) is 9.97. The number of urea groups is 1. The highest BCUT2D eigenvalue weighted by molar-refractivity contribution is 7.90. The number of nitrogens with zero attached hydrogens (tertiary/aromatic N) is 1. The van der Waals surface area contributed by atoms with Gasteiger partial charge < -0.3 is 5.32 Å². The second kappa shape index (κ2) is 6.55. The van der Waals surface area contributed by atoms with Gasteiger partial charge in [0.15, 0.2) is 0 Å². The van der Waals surface area contributed by atoms with E-state index in [1.54, 1.807) is 24.4 Å². The fraction of sp³-hybridized carbons (Fsp3) is 0.0769. The topological polar surface area (TPSA) is 88.2 Å². The maximum atomic E-state index is 11.9. The Morgan fingerprint density at radius 2 is 1.86 bits per heavy atom. The van der Waals surface area contributed by atoms with Crippen molar-refractivity contribution in [1.82, 2.24) is 15.0 Å². The smallest absolute Gasteiger partial charge is 0.329 e. The lowest BCUT2D eigenvalue weighted by Crippen LogP contribution is -2.39. The highest BCUT2D eigenvalue weighted by Crippen LogP contribution is 2.13. The van der Waals surface area contributed by atoms with Crippen molar-refractivity contribution in [1.29, 1.82) is 0 Å². The Bertz CT molecular complexity index is 718. The Morgan fingerprint density at radius 1 is 1.14 bits per heavy atom. The van der Waals surface area contributed by atoms with E-state index in [4.69, 9.17) is 11.6 Å². The van der Waals surface area contributed by atoms with E-state index in [1.807, 2.05) is 4.72 Å². The molecule has 1 heterocycles. The van der Waals surface area contributed by atoms with Crippen LogP contribution in [0.2, 0.25) is 5.02 Å². The van der Waals surface area contributed by atoms with Crippen LogP contribution in [0, 0.1) is 0 Å². The lowest BCUT2D eigenvalue weighted by Gasteiger charge is -2.08. The third kappa shape index (κ3) is 4.44. The number of pyridine rings is 1. The summed E-state index contributed by atoms with van der Waals surface area (Å²) in [6.45, 7) is 0.128. The van der Waals surface area contributed by atoms with Crippen molar-refractivity contribution in [2.24, 2.45) is 0 Å². The predicted molar refractivity (Wildman–Crippen MR) is 78.2 cm³/mol. The zero-order valence-corrected chi connectivity index (χ0v) is 12.4. The van der Waals surface area contributed by atoms with Crippen molar-refractivity contribution in [2.45, 2.75) is 11.4 Å². The van der Waals surface area contributed by atoms with Gasteiger partial charge in [-0.25, -0.2) is 17.9 Å². The molecule has 0 aliphatic heterocycles. The number of carbonyl (C=O) groups excluding carboxylic acids is 1. The molecule has 2 aromatic rings. The second-order valence-corrected chi connectivity index (χ2v) is 6.18. The van der Waals surface area contributed by atoms with E-state index in [9.17, 15) is 13.2 Å². The molecule has 0 bridgehead atoms. The van der Waals surface area contributed by atoms with Crippen molar-refractivity contribution in [3.63, 3.8) is 0 Å². The van der Waals surface area contributed by atoms with E-state index in [2.05, 4.69) is 10.3 Å². The zero-order valence-electron chi connectivity index (χ0n) is 10.8. The van der Waals surface area contributed by atoms with Crippen LogP contribution >= 0.6 is 11.6 Å². The predicted octanol–water partition coefficient (Wildman–Crippen LogP) is 1.92. The number of amides is 2. The number of benzene rings is 1. The lowest BCUT2D eigenvalue weighted by atomic mass is 10.3. The minimum atomic E-state index is -3.92. The first kappa shape index (κ1) is 15.3. The molecule has 8 heteroatoms. The molecule has 0 fully saturated rings. The summed E-state index contributed by atoms with van der Waals surface area (Å²) in [5.74, 6) is 0. The fourth-order valence-electron chi connectivity index (χ4n) is 1.50. The van der Waals surface area contributed by atoms with Crippen molar-refractivity contribution >= 4 is 27.7 Å². The van der Waals surface area contributed by atoms with Gasteiger partial charge in [-0.05, 0) is 36.4 Å². The third-order valence-corrected chi connectivity index (χ3v) is 4.11. The van der Waals surface area contributed by atoms with Crippen LogP contribution in [0.3, 0.4) is 0 Å². The minimum absolute atomic E-state index is 0.0418. The molecule has 0 saturated heterocycles. The molecule has 1 aromatic carbocycles. The van der Waals surface area contributed by atoms with Crippen LogP contribution in [0.25, 0.3) is 0 Å². The van der Waals surface area contributed by atoms with Crippen LogP contribution in [0.1, 0.15) is 5.69 Å². The summed E-state index contributed by atoms with van der Waals surface area (Å²) in [7, 11) is -3.92. The van der Waals surface area contributed by atoms with Crippen LogP contribution in [0.5, 0.6) is 0 Å². The van der Waals surface area contributed by atoms with Crippen molar-refractivity contribution < 1.29 is 13.2 Å². The Kier molecular flexibility index (Phi) is 4.77. The molecule has 0 unspecified atom stereocenters. The first-order valence-electron chi connectivity index (χ1n) is 5.93. The fourth-order valence-corrected chi connectivity index (χ4v) is 2.56. The Labute approximate surface area is 127 Å². The molecule has 0 radical (unpaired) electrons. The quantitative estimate of drug-likeness (QED) is 0.899. The molecule has 21 heavy (non-hydrogen) atoms. The summed E-state index contributed by atoms with van der Waals surface area (Å²) >= 11 is 5.68. The molecule has 110 valence electrons. The molecule has 0 spiro atoms. The SMILES string of the molecule is O=C(NCc1ccccn1)NS(=O)(=O)c1ccc(Cl)cc1. The van der Waals surface area contributed by atoms with Crippen LogP contribution in [0.15, 0.2) is 53.6 Å². The Morgan fingerprint density at radius 3 is 2.48 bits per heavy atom. The van der Waals surface area contributed by atoms with Gasteiger partial charge in [0.1, 0.15) is 0 Å². The van der Waals surface area contributed by atoms with Crippen LogP contribution in [-0.2, 0) is 16.6 Å². The molecule has 0 aliphatic carbocycles. The van der Waals surface area contributed by atoms with Gasteiger partial charge in [0.05, 0.1) is 17.1 Å². The number of carbonyl (C=O) groups is 1. The van der Waals surface area contributed by atoms with Gasteiger partial charge in [-0.2, -0.15) is 0 Å². The molecule has 0 aliphatic rings. The lowest BCUT2D eigenvalue weighted by molar-refractivity contribution is 0.245. The van der Waals surface area contributed by atoms with Crippen LogP contribution in [0.4, 0.5) is 4.79 Å². The second-order valence-electron chi connectivity index (χ2n) is 4.06. The summed E-state index contributed by atoms with van der Waals surface area (Å²) in [6, 6.07) is 9.90. The highest BCUT2D eigenvalue weighted by Gasteiger charge is 2.17. The average molecular weight is 326 g/mol. The molecule has 6 nitrogen and oxygen atoms in total. The number of nitrogens with one attached hydrogen (secondary N) is 2. The van der Waals surface area contributed by atoms with Gasteiger partial charge in [-0.1, -0.05) is 17.7 Å². The van der Waals surface area contributed by atoms with E-state index in [0.29, 0.717) is 10.7 Å². The third-order valence-electron chi connectivity index (χ3n) is 2.51. The molecule has 2 N–H and O–H groups in total. The van der Waals surface area contributed by atoms with Gasteiger partial charge >= 0.3 is 6.03 Å². The highest BCUT2D eigenvalue weighted by atomic mass is 35.5. The van der Waals surface area contributed by atoms with E-state index in [0.717, 1.165) is 0 Å². The van der Waals surface area contributed by atoms with Crippen LogP contribution < -0.4 is 10.0 Å². The molecule has 0 saturated carbocycles. The van der Waals surface area contributed by atoms with Crippen molar-refractivity contribution in [2.75, 3.05) is 0 Å². The number of aromatic nitrogens is 1. The molecular formula is C13H12ClN3O3S. The van der Waals surface area contributed by atoms with Crippen LogP contribution in [-0.4, -0.2) is 19.4 Å². The molecular weight excluding hydrogens is 314 g/mol. The first-order valence-corrected chi connectivity index (χ1v) is 7.79. The number of rotatable bonds is 4. The van der Waals surface area contributed by atoms with Crippen molar-refractivity contribution in [3.05, 3.63) is 59.4 Å². The molecule has 0 atom stereocenters. The van der Waals surface area contributed by atoms with Gasteiger partial charge in [0.25, 0.3) is 10.0 Å². The largest absolute Gasteiger partial charge is 0.332 e. The van der Waals surface area contributed by atoms with Gasteiger partial charge in [0, 0.05) is 11.2 Å². The maximum absolute atomic E-state index is 11.9. The minimum Gasteiger partial charge on any atom is -0.332 e. The Hall–Kier alpha value is -2.12. The van der Waals surface area contributed by atoms with Gasteiger partial charge in [0.2, 0.25) is 0 Å². The van der Waals surface area contributed by atoms with Crippen molar-refractivity contribution in [3.8, 4) is 0 Å². The summed E-state index contributed by atoms with van der Waals surface area (Å²) in [6.07, 6.45) is 1.58. The standard InChI is InChI=1S/C13H12ClN3O3S/c14-10-4-6-12(7-5-10)21(19,20)17-13(18)16-9-11-3-1-2-8-15-11/h1-8H,9H2,(H2,16,17,18). The summed E-state index contributed by atoms with van der Waals surface area (Å²) in [5, 5.41) is 2.83. The zero-order chi connectivity index (χ0) is 15.3. The van der Waals surface area contributed by atoms with E-state index in [1.165, 1.54) is 24.3 Å². The van der Waals surface area contributed by atoms with E-state index in [-0.39, 0.29) is 11.4 Å². The molecule has 2 rings (SSSR count). The summed E-state index contributed by atoms with van der Waals surface area (Å²) in [5.41, 5.74) is 0.622. The molecule has 2 amide bonds. The maximum Gasteiger partial charge on any atom is 0.329 e. The summed E-state index contributed by atoms with van der Waals surface area (Å²) < 4.78 is 25.8. The number of hydrogen-bond acceptors (Lipinski definition) is 4. The number of hydrogen-bond donors (Lipinski definition) is 2. The Balaban J connectivity index is 1.97. The number of sulfonamides is 1. The van der Waals surface area contributed by atoms with Gasteiger partial charge in [-0.15, -0.1) is 0 Å². The normalized spacial score (nSPS) is 10.9. The monoisotopic (exact) mass is 325 g/mol. The summed E-state index contributed by atoms with van der Waals surface area (Å²) in [4.78, 5) is 15.6. The van der Waals surface area contributed by atoms with E-state index < -0.39 is 16.1 Å².